The van der Waals surface area contributed by atoms with Crippen molar-refractivity contribution in [3.05, 3.63) is 62.9 Å². The lowest BCUT2D eigenvalue weighted by molar-refractivity contribution is -0.137. The van der Waals surface area contributed by atoms with E-state index in [-0.39, 0.29) is 22.9 Å². The Bertz CT molecular complexity index is 1030. The van der Waals surface area contributed by atoms with Crippen LogP contribution in [0.3, 0.4) is 0 Å². The molecule has 152 valence electrons. The van der Waals surface area contributed by atoms with E-state index >= 15 is 0 Å². The first-order valence-corrected chi connectivity index (χ1v) is 9.92. The number of alkyl halides is 3. The fourth-order valence-corrected chi connectivity index (χ4v) is 3.05. The summed E-state index contributed by atoms with van der Waals surface area (Å²) in [5, 5.41) is -0.739. The fourth-order valence-electron chi connectivity index (χ4n) is 2.08. The molecule has 1 N–H and O–H groups in total. The van der Waals surface area contributed by atoms with E-state index in [2.05, 4.69) is 0 Å². The molecule has 0 unspecified atom stereocenters. The lowest BCUT2D eigenvalue weighted by Crippen LogP contribution is -2.30. The van der Waals surface area contributed by atoms with Crippen LogP contribution in [0.15, 0.2) is 30.3 Å². The molecule has 2 aromatic rings. The molecule has 0 aliphatic heterocycles. The van der Waals surface area contributed by atoms with Gasteiger partial charge in [0.05, 0.1) is 27.4 Å². The molecule has 2 aromatic carbocycles. The third-order valence-electron chi connectivity index (χ3n) is 3.28. The van der Waals surface area contributed by atoms with E-state index in [0.717, 1.165) is 36.6 Å². The van der Waals surface area contributed by atoms with Gasteiger partial charge in [0.25, 0.3) is 5.91 Å². The van der Waals surface area contributed by atoms with Crippen molar-refractivity contribution in [2.24, 2.45) is 0 Å². The second-order valence-corrected chi connectivity index (χ2v) is 8.13. The van der Waals surface area contributed by atoms with Crippen LogP contribution in [-0.4, -0.2) is 20.6 Å². The first kappa shape index (κ1) is 22.3. The van der Waals surface area contributed by atoms with Gasteiger partial charge >= 0.3 is 6.18 Å². The van der Waals surface area contributed by atoms with E-state index < -0.39 is 44.1 Å². The van der Waals surface area contributed by atoms with Gasteiger partial charge in [0.1, 0.15) is 18.2 Å². The number of carbonyl (C=O) groups excluding carboxylic acids is 1. The summed E-state index contributed by atoms with van der Waals surface area (Å²) >= 11 is 11.5. The summed E-state index contributed by atoms with van der Waals surface area (Å²) in [5.74, 6) is -2.53. The predicted octanol–water partition coefficient (Wildman–Crippen LogP) is 4.42. The van der Waals surface area contributed by atoms with Gasteiger partial charge < -0.3 is 4.74 Å². The topological polar surface area (TPSA) is 72.5 Å². The van der Waals surface area contributed by atoms with Crippen LogP contribution < -0.4 is 9.46 Å². The highest BCUT2D eigenvalue weighted by Gasteiger charge is 2.33. The second-order valence-electron chi connectivity index (χ2n) is 5.57. The maximum absolute atomic E-state index is 14.1. The van der Waals surface area contributed by atoms with Gasteiger partial charge in [0.15, 0.2) is 0 Å². The van der Waals surface area contributed by atoms with Crippen molar-refractivity contribution in [3.63, 3.8) is 0 Å². The number of hydrogen-bond acceptors (Lipinski definition) is 4. The maximum atomic E-state index is 14.1. The van der Waals surface area contributed by atoms with Gasteiger partial charge in [-0.15, -0.1) is 0 Å². The summed E-state index contributed by atoms with van der Waals surface area (Å²) in [6.07, 6.45) is -3.89. The highest BCUT2D eigenvalue weighted by atomic mass is 35.5. The SMILES string of the molecule is CS(=O)(=O)NC(=O)c1cc(Cl)c(OCc2ccc(C(F)(F)F)c(Cl)c2)cc1F. The number of sulfonamides is 1. The molecule has 0 fully saturated rings. The summed E-state index contributed by atoms with van der Waals surface area (Å²) in [6, 6.07) is 4.58. The van der Waals surface area contributed by atoms with Crippen LogP contribution in [0, 0.1) is 5.82 Å². The van der Waals surface area contributed by atoms with Crippen LogP contribution in [0.5, 0.6) is 5.75 Å². The van der Waals surface area contributed by atoms with Crippen molar-refractivity contribution in [2.45, 2.75) is 12.8 Å². The molecule has 0 atom stereocenters. The molecule has 0 spiro atoms. The zero-order valence-electron chi connectivity index (χ0n) is 13.9. The van der Waals surface area contributed by atoms with Gasteiger partial charge in [-0.05, 0) is 23.8 Å². The van der Waals surface area contributed by atoms with E-state index in [1.165, 1.54) is 0 Å². The van der Waals surface area contributed by atoms with Gasteiger partial charge in [-0.2, -0.15) is 13.2 Å². The van der Waals surface area contributed by atoms with Crippen molar-refractivity contribution in [2.75, 3.05) is 6.26 Å². The van der Waals surface area contributed by atoms with E-state index in [1.807, 2.05) is 0 Å². The quantitative estimate of drug-likeness (QED) is 0.671. The number of ether oxygens (including phenoxy) is 1. The number of hydrogen-bond donors (Lipinski definition) is 1. The Morgan fingerprint density at radius 3 is 2.32 bits per heavy atom. The van der Waals surface area contributed by atoms with Gasteiger partial charge in [0, 0.05) is 6.07 Å². The smallest absolute Gasteiger partial charge is 0.417 e. The molecule has 0 saturated carbocycles. The molecular weight excluding hydrogens is 449 g/mol. The molecule has 0 aromatic heterocycles. The number of halogens is 6. The monoisotopic (exact) mass is 459 g/mol. The molecular formula is C16H11Cl2F4NO4S. The van der Waals surface area contributed by atoms with E-state index in [1.54, 1.807) is 4.72 Å². The first-order valence-electron chi connectivity index (χ1n) is 7.27. The molecule has 12 heteroatoms. The largest absolute Gasteiger partial charge is 0.487 e. The second kappa shape index (κ2) is 8.14. The number of carbonyl (C=O) groups is 1. The van der Waals surface area contributed by atoms with Crippen LogP contribution in [0.1, 0.15) is 21.5 Å². The molecule has 0 radical (unpaired) electrons. The zero-order chi connectivity index (χ0) is 21.3. The van der Waals surface area contributed by atoms with Crippen LogP contribution in [-0.2, 0) is 22.8 Å². The Morgan fingerprint density at radius 2 is 1.79 bits per heavy atom. The molecule has 5 nitrogen and oxygen atoms in total. The molecule has 0 saturated heterocycles. The standard InChI is InChI=1S/C16H11Cl2F4NO4S/c1-28(25,26)23-15(24)9-5-12(18)14(6-13(9)19)27-7-8-2-3-10(11(17)4-8)16(20,21)22/h2-6H,7H2,1H3,(H,23,24). The Balaban J connectivity index is 2.19. The van der Waals surface area contributed by atoms with Gasteiger partial charge in [-0.3, -0.25) is 4.79 Å². The minimum absolute atomic E-state index is 0.203. The molecule has 1 amide bonds. The Labute approximate surface area is 167 Å². The van der Waals surface area contributed by atoms with Gasteiger partial charge in [-0.1, -0.05) is 29.3 Å². The lowest BCUT2D eigenvalue weighted by Gasteiger charge is -2.13. The number of nitrogens with one attached hydrogen (secondary N) is 1. The summed E-state index contributed by atoms with van der Waals surface area (Å²) in [7, 11) is -3.91. The Hall–Kier alpha value is -2.04. The number of benzene rings is 2. The molecule has 0 aliphatic carbocycles. The summed E-state index contributed by atoms with van der Waals surface area (Å²) in [6.45, 7) is -0.286. The Kier molecular flexibility index (Phi) is 6.47. The molecule has 0 heterocycles. The third-order valence-corrected chi connectivity index (χ3v) is 4.44. The van der Waals surface area contributed by atoms with Crippen molar-refractivity contribution < 1.29 is 35.5 Å². The molecule has 0 bridgehead atoms. The highest BCUT2D eigenvalue weighted by Crippen LogP contribution is 2.35. The minimum atomic E-state index is -4.61. The fraction of sp³-hybridized carbons (Fsp3) is 0.188. The van der Waals surface area contributed by atoms with Crippen molar-refractivity contribution >= 4 is 39.1 Å². The average molecular weight is 460 g/mol. The lowest BCUT2D eigenvalue weighted by atomic mass is 10.1. The average Bonchev–Trinajstić information content (AvgIpc) is 2.52. The Morgan fingerprint density at radius 1 is 1.14 bits per heavy atom. The summed E-state index contributed by atoms with van der Waals surface area (Å²) in [4.78, 5) is 11.7. The van der Waals surface area contributed by atoms with E-state index in [4.69, 9.17) is 27.9 Å². The van der Waals surface area contributed by atoms with Crippen LogP contribution in [0.4, 0.5) is 17.6 Å². The van der Waals surface area contributed by atoms with Crippen molar-refractivity contribution in [1.29, 1.82) is 0 Å². The molecule has 2 rings (SSSR count). The number of amides is 1. The maximum Gasteiger partial charge on any atom is 0.417 e. The van der Waals surface area contributed by atoms with Gasteiger partial charge in [-0.25, -0.2) is 17.5 Å². The van der Waals surface area contributed by atoms with Crippen molar-refractivity contribution in [3.8, 4) is 5.75 Å². The van der Waals surface area contributed by atoms with E-state index in [9.17, 15) is 30.8 Å². The zero-order valence-corrected chi connectivity index (χ0v) is 16.2. The van der Waals surface area contributed by atoms with Gasteiger partial charge in [0.2, 0.25) is 10.0 Å². The summed E-state index contributed by atoms with van der Waals surface area (Å²) < 4.78 is 81.1. The predicted molar refractivity (Wildman–Crippen MR) is 94.5 cm³/mol. The third kappa shape index (κ3) is 5.73. The molecule has 28 heavy (non-hydrogen) atoms. The highest BCUT2D eigenvalue weighted by molar-refractivity contribution is 7.89. The van der Waals surface area contributed by atoms with E-state index in [0.29, 0.717) is 0 Å². The minimum Gasteiger partial charge on any atom is -0.487 e. The molecule has 0 aliphatic rings. The van der Waals surface area contributed by atoms with Crippen molar-refractivity contribution in [1.82, 2.24) is 4.72 Å². The number of rotatable bonds is 5. The van der Waals surface area contributed by atoms with Crippen LogP contribution >= 0.6 is 23.2 Å². The summed E-state index contributed by atoms with van der Waals surface area (Å²) in [5.41, 5.74) is -1.38. The van der Waals surface area contributed by atoms with Crippen LogP contribution in [0.25, 0.3) is 0 Å². The first-order chi connectivity index (χ1) is 12.8. The normalized spacial score (nSPS) is 12.0. The van der Waals surface area contributed by atoms with Crippen LogP contribution in [0.2, 0.25) is 10.0 Å².